The quantitative estimate of drug-likeness (QED) is 0.721. The molecule has 2 atom stereocenters. The molecule has 0 aromatic carbocycles. The van der Waals surface area contributed by atoms with Gasteiger partial charge < -0.3 is 10.0 Å². The van der Waals surface area contributed by atoms with Crippen molar-refractivity contribution in [3.63, 3.8) is 0 Å². The zero-order valence-corrected chi connectivity index (χ0v) is 12.8. The van der Waals surface area contributed by atoms with E-state index in [1.165, 1.54) is 32.1 Å². The topological polar surface area (TPSA) is 43.8 Å². The van der Waals surface area contributed by atoms with Gasteiger partial charge in [0, 0.05) is 19.1 Å². The second-order valence-corrected chi connectivity index (χ2v) is 6.10. The van der Waals surface area contributed by atoms with E-state index in [0.29, 0.717) is 6.04 Å². The van der Waals surface area contributed by atoms with Gasteiger partial charge >= 0.3 is 5.97 Å². The molecule has 0 aromatic rings. The highest BCUT2D eigenvalue weighted by Gasteiger charge is 2.24. The van der Waals surface area contributed by atoms with Crippen molar-refractivity contribution < 1.29 is 9.90 Å². The maximum Gasteiger partial charge on any atom is 0.317 e. The summed E-state index contributed by atoms with van der Waals surface area (Å²) in [5.74, 6) is 0.153. The van der Waals surface area contributed by atoms with E-state index in [0.717, 1.165) is 25.4 Å². The van der Waals surface area contributed by atoms with Crippen LogP contribution >= 0.6 is 0 Å². The normalized spacial score (nSPS) is 24.7. The number of rotatable bonds is 7. The van der Waals surface area contributed by atoms with Gasteiger partial charge in [-0.25, -0.2) is 0 Å². The number of carboxylic acid groups (broad SMARTS) is 1. The Morgan fingerprint density at radius 3 is 2.47 bits per heavy atom. The van der Waals surface area contributed by atoms with Gasteiger partial charge in [-0.05, 0) is 39.3 Å². The Balaban J connectivity index is 2.54. The Kier molecular flexibility index (Phi) is 7.39. The minimum atomic E-state index is -0.699. The lowest BCUT2D eigenvalue weighted by molar-refractivity contribution is -0.139. The molecule has 1 rings (SSSR count). The van der Waals surface area contributed by atoms with Crippen LogP contribution < -0.4 is 0 Å². The van der Waals surface area contributed by atoms with E-state index in [2.05, 4.69) is 16.7 Å². The van der Waals surface area contributed by atoms with Crippen LogP contribution in [0.2, 0.25) is 0 Å². The molecule has 0 saturated heterocycles. The Morgan fingerprint density at radius 2 is 1.89 bits per heavy atom. The van der Waals surface area contributed by atoms with Gasteiger partial charge in [-0.1, -0.05) is 26.2 Å². The smallest absolute Gasteiger partial charge is 0.317 e. The van der Waals surface area contributed by atoms with Crippen LogP contribution in [0.25, 0.3) is 0 Å². The molecule has 2 unspecified atom stereocenters. The molecule has 0 aromatic heterocycles. The first-order chi connectivity index (χ1) is 9.02. The van der Waals surface area contributed by atoms with Gasteiger partial charge in [-0.3, -0.25) is 9.69 Å². The largest absolute Gasteiger partial charge is 0.480 e. The number of carboxylic acids is 1. The van der Waals surface area contributed by atoms with Crippen LogP contribution in [0, 0.1) is 5.92 Å². The molecular weight excluding hydrogens is 240 g/mol. The highest BCUT2D eigenvalue weighted by Crippen LogP contribution is 2.28. The molecule has 1 saturated carbocycles. The summed E-state index contributed by atoms with van der Waals surface area (Å²) in [5.41, 5.74) is 0. The SMILES string of the molecule is CCC1CCCC(N(CCN(C)C)CC(=O)O)CC1. The predicted molar refractivity (Wildman–Crippen MR) is 78.4 cm³/mol. The lowest BCUT2D eigenvalue weighted by Gasteiger charge is -2.30. The van der Waals surface area contributed by atoms with E-state index >= 15 is 0 Å². The number of aliphatic carboxylic acids is 1. The summed E-state index contributed by atoms with van der Waals surface area (Å²) in [6.07, 6.45) is 7.43. The van der Waals surface area contributed by atoms with Crippen molar-refractivity contribution in [2.75, 3.05) is 33.7 Å². The lowest BCUT2D eigenvalue weighted by Crippen LogP contribution is -2.42. The summed E-state index contributed by atoms with van der Waals surface area (Å²) in [5, 5.41) is 9.09. The van der Waals surface area contributed by atoms with E-state index in [4.69, 9.17) is 5.11 Å². The predicted octanol–water partition coefficient (Wildman–Crippen LogP) is 2.29. The van der Waals surface area contributed by atoms with Crippen LogP contribution in [-0.4, -0.2) is 60.6 Å². The number of likely N-dealkylation sites (N-methyl/N-ethyl adjacent to an activating group) is 1. The Bertz CT molecular complexity index is 269. The third-order valence-electron chi connectivity index (χ3n) is 4.32. The highest BCUT2D eigenvalue weighted by molar-refractivity contribution is 5.69. The van der Waals surface area contributed by atoms with Crippen LogP contribution in [0.15, 0.2) is 0 Å². The fraction of sp³-hybridized carbons (Fsp3) is 0.933. The van der Waals surface area contributed by atoms with Gasteiger partial charge in [0.25, 0.3) is 0 Å². The van der Waals surface area contributed by atoms with E-state index in [1.807, 2.05) is 14.1 Å². The first kappa shape index (κ1) is 16.4. The van der Waals surface area contributed by atoms with Crippen molar-refractivity contribution in [3.8, 4) is 0 Å². The van der Waals surface area contributed by atoms with Crippen molar-refractivity contribution in [2.24, 2.45) is 5.92 Å². The van der Waals surface area contributed by atoms with Crippen LogP contribution in [0.5, 0.6) is 0 Å². The molecule has 0 aliphatic heterocycles. The summed E-state index contributed by atoms with van der Waals surface area (Å²) < 4.78 is 0. The molecule has 4 nitrogen and oxygen atoms in total. The summed E-state index contributed by atoms with van der Waals surface area (Å²) in [4.78, 5) is 15.4. The molecule has 1 aliphatic carbocycles. The van der Waals surface area contributed by atoms with Crippen molar-refractivity contribution in [3.05, 3.63) is 0 Å². The molecule has 1 aliphatic rings. The third kappa shape index (κ3) is 6.39. The first-order valence-electron chi connectivity index (χ1n) is 7.63. The fourth-order valence-electron chi connectivity index (χ4n) is 3.03. The van der Waals surface area contributed by atoms with E-state index < -0.39 is 5.97 Å². The maximum absolute atomic E-state index is 11.0. The average Bonchev–Trinajstić information content (AvgIpc) is 2.59. The first-order valence-corrected chi connectivity index (χ1v) is 7.63. The molecule has 19 heavy (non-hydrogen) atoms. The van der Waals surface area contributed by atoms with Crippen LogP contribution in [0.4, 0.5) is 0 Å². The summed E-state index contributed by atoms with van der Waals surface area (Å²) >= 11 is 0. The van der Waals surface area contributed by atoms with Gasteiger partial charge in [0.05, 0.1) is 6.54 Å². The van der Waals surface area contributed by atoms with Crippen molar-refractivity contribution in [1.29, 1.82) is 0 Å². The Hall–Kier alpha value is -0.610. The second-order valence-electron chi connectivity index (χ2n) is 6.10. The van der Waals surface area contributed by atoms with Crippen molar-refractivity contribution in [2.45, 2.75) is 51.5 Å². The van der Waals surface area contributed by atoms with Crippen LogP contribution in [-0.2, 0) is 4.79 Å². The third-order valence-corrected chi connectivity index (χ3v) is 4.32. The van der Waals surface area contributed by atoms with Gasteiger partial charge in [0.1, 0.15) is 0 Å². The van der Waals surface area contributed by atoms with Gasteiger partial charge in [0.2, 0.25) is 0 Å². The Morgan fingerprint density at radius 1 is 1.16 bits per heavy atom. The highest BCUT2D eigenvalue weighted by atomic mass is 16.4. The Labute approximate surface area is 117 Å². The van der Waals surface area contributed by atoms with E-state index in [1.54, 1.807) is 0 Å². The molecule has 0 radical (unpaired) electrons. The van der Waals surface area contributed by atoms with Crippen molar-refractivity contribution >= 4 is 5.97 Å². The maximum atomic E-state index is 11.0. The minimum absolute atomic E-state index is 0.190. The molecule has 0 heterocycles. The number of hydrogen-bond acceptors (Lipinski definition) is 3. The molecule has 0 amide bonds. The van der Waals surface area contributed by atoms with E-state index in [-0.39, 0.29) is 6.54 Å². The van der Waals surface area contributed by atoms with Gasteiger partial charge in [0.15, 0.2) is 0 Å². The number of hydrogen-bond donors (Lipinski definition) is 1. The zero-order chi connectivity index (χ0) is 14.3. The molecule has 0 spiro atoms. The molecule has 1 fully saturated rings. The monoisotopic (exact) mass is 270 g/mol. The molecular formula is C15H30N2O2. The minimum Gasteiger partial charge on any atom is -0.480 e. The number of carbonyl (C=O) groups is 1. The summed E-state index contributed by atoms with van der Waals surface area (Å²) in [6, 6.07) is 0.465. The van der Waals surface area contributed by atoms with E-state index in [9.17, 15) is 4.79 Å². The fourth-order valence-corrected chi connectivity index (χ4v) is 3.03. The van der Waals surface area contributed by atoms with Crippen LogP contribution in [0.1, 0.15) is 45.4 Å². The lowest BCUT2D eigenvalue weighted by atomic mass is 9.97. The average molecular weight is 270 g/mol. The zero-order valence-electron chi connectivity index (χ0n) is 12.8. The molecule has 1 N–H and O–H groups in total. The molecule has 0 bridgehead atoms. The summed E-state index contributed by atoms with van der Waals surface area (Å²) in [7, 11) is 4.08. The van der Waals surface area contributed by atoms with Crippen LogP contribution in [0.3, 0.4) is 0 Å². The second kappa shape index (κ2) is 8.54. The summed E-state index contributed by atoms with van der Waals surface area (Å²) in [6.45, 7) is 4.25. The van der Waals surface area contributed by atoms with Crippen molar-refractivity contribution in [1.82, 2.24) is 9.80 Å². The van der Waals surface area contributed by atoms with Gasteiger partial charge in [-0.2, -0.15) is 0 Å². The van der Waals surface area contributed by atoms with Gasteiger partial charge in [-0.15, -0.1) is 0 Å². The molecule has 112 valence electrons. The molecule has 4 heteroatoms. The standard InChI is InChI=1S/C15H30N2O2/c1-4-13-6-5-7-14(9-8-13)17(12-15(18)19)11-10-16(2)3/h13-14H,4-12H2,1-3H3,(H,18,19). The number of nitrogens with zero attached hydrogens (tertiary/aromatic N) is 2.